The minimum atomic E-state index is -0.383. The number of benzene rings is 2. The number of hydrogen-bond donors (Lipinski definition) is 3. The molecule has 7 nitrogen and oxygen atoms in total. The van der Waals surface area contributed by atoms with Gasteiger partial charge in [0, 0.05) is 63.1 Å². The molecular weight excluding hydrogens is 392 g/mol. The number of carbonyl (C=O) groups excluding carboxylic acids is 2. The molecule has 2 aliphatic rings. The molecule has 0 saturated carbocycles. The topological polar surface area (TPSA) is 84.9 Å². The minimum absolute atomic E-state index is 0.130. The molecule has 1 amide bonds. The van der Waals surface area contributed by atoms with Crippen LogP contribution in [0.15, 0.2) is 60.3 Å². The molecule has 31 heavy (non-hydrogen) atoms. The van der Waals surface area contributed by atoms with Crippen LogP contribution in [-0.2, 0) is 4.79 Å². The van der Waals surface area contributed by atoms with Crippen molar-refractivity contribution in [3.05, 3.63) is 65.9 Å². The summed E-state index contributed by atoms with van der Waals surface area (Å²) in [6.45, 7) is 6.21. The Bertz CT molecular complexity index is 966. The maximum Gasteiger partial charge on any atom is 0.261 e. The first-order chi connectivity index (χ1) is 15.2. The Hall–Kier alpha value is -3.00. The van der Waals surface area contributed by atoms with Gasteiger partial charge in [-0.25, -0.2) is 0 Å². The Balaban J connectivity index is 1.39. The van der Waals surface area contributed by atoms with E-state index in [4.69, 9.17) is 5.11 Å². The highest BCUT2D eigenvalue weighted by Crippen LogP contribution is 2.35. The van der Waals surface area contributed by atoms with Crippen molar-refractivity contribution >= 4 is 17.4 Å². The zero-order valence-electron chi connectivity index (χ0n) is 17.5. The van der Waals surface area contributed by atoms with Crippen LogP contribution in [0.1, 0.15) is 10.4 Å². The number of para-hydroxylation sites is 1. The number of fused-ring (bicyclic) bond motifs is 1. The van der Waals surface area contributed by atoms with Gasteiger partial charge in [-0.2, -0.15) is 0 Å². The first kappa shape index (κ1) is 21.2. The first-order valence-electron chi connectivity index (χ1n) is 10.7. The van der Waals surface area contributed by atoms with Crippen LogP contribution < -0.4 is 10.6 Å². The van der Waals surface area contributed by atoms with Crippen LogP contribution in [0.2, 0.25) is 0 Å². The summed E-state index contributed by atoms with van der Waals surface area (Å²) in [4.78, 5) is 30.3. The predicted octanol–water partition coefficient (Wildman–Crippen LogP) is 1.57. The number of β-amino-alcohol motifs (C(OH)–C–C–N with tert-alkyl or cyclic N) is 1. The molecule has 4 rings (SSSR count). The summed E-state index contributed by atoms with van der Waals surface area (Å²) >= 11 is 0. The lowest BCUT2D eigenvalue weighted by molar-refractivity contribution is -0.112. The Kier molecular flexibility index (Phi) is 6.76. The fourth-order valence-electron chi connectivity index (χ4n) is 4.07. The average molecular weight is 421 g/mol. The largest absolute Gasteiger partial charge is 0.395 e. The number of piperazine rings is 1. The normalized spacial score (nSPS) is 18.7. The third-order valence-corrected chi connectivity index (χ3v) is 5.82. The van der Waals surface area contributed by atoms with Crippen molar-refractivity contribution in [1.29, 1.82) is 0 Å². The maximum absolute atomic E-state index is 13.0. The second-order valence-electron chi connectivity index (χ2n) is 7.80. The second kappa shape index (κ2) is 9.87. The van der Waals surface area contributed by atoms with Crippen molar-refractivity contribution < 1.29 is 14.7 Å². The monoisotopic (exact) mass is 420 g/mol. The van der Waals surface area contributed by atoms with E-state index < -0.39 is 0 Å². The molecule has 0 bridgehead atoms. The number of nitrogens with zero attached hydrogens (tertiary/aromatic N) is 2. The van der Waals surface area contributed by atoms with Crippen LogP contribution >= 0.6 is 0 Å². The number of aliphatic hydroxyl groups excluding tert-OH is 1. The standard InChI is InChI=1S/C24H28N4O3/c29-16-15-28-13-11-27(12-14-28)10-9-25-17-21-23(30)20-8-4-7-19(22(20)26-24(21)31)18-5-2-1-3-6-18/h1-8,17,25,29H,9-16H2,(H,26,31)/b21-17+. The molecule has 2 heterocycles. The molecule has 7 heteroatoms. The zero-order valence-corrected chi connectivity index (χ0v) is 17.5. The van der Waals surface area contributed by atoms with Crippen LogP contribution in [0.3, 0.4) is 0 Å². The van der Waals surface area contributed by atoms with Crippen molar-refractivity contribution in [2.75, 3.05) is 57.7 Å². The average Bonchev–Trinajstić information content (AvgIpc) is 2.80. The molecule has 2 aliphatic heterocycles. The molecule has 0 aliphatic carbocycles. The molecule has 0 atom stereocenters. The number of carbonyl (C=O) groups is 2. The number of amides is 1. The Morgan fingerprint density at radius 2 is 1.58 bits per heavy atom. The van der Waals surface area contributed by atoms with Crippen molar-refractivity contribution in [2.45, 2.75) is 0 Å². The van der Waals surface area contributed by atoms with Crippen LogP contribution in [0, 0.1) is 0 Å². The van der Waals surface area contributed by atoms with Crippen molar-refractivity contribution in [2.24, 2.45) is 0 Å². The summed E-state index contributed by atoms with van der Waals surface area (Å²) in [5.41, 5.74) is 3.00. The Morgan fingerprint density at radius 3 is 2.29 bits per heavy atom. The summed E-state index contributed by atoms with van der Waals surface area (Å²) < 4.78 is 0. The molecular formula is C24H28N4O3. The van der Waals surface area contributed by atoms with Gasteiger partial charge in [-0.3, -0.25) is 19.4 Å². The highest BCUT2D eigenvalue weighted by molar-refractivity contribution is 6.34. The van der Waals surface area contributed by atoms with Gasteiger partial charge in [-0.1, -0.05) is 42.5 Å². The van der Waals surface area contributed by atoms with E-state index in [1.54, 1.807) is 6.07 Å². The van der Waals surface area contributed by atoms with Crippen LogP contribution in [0.4, 0.5) is 5.69 Å². The lowest BCUT2D eigenvalue weighted by atomic mass is 9.92. The lowest BCUT2D eigenvalue weighted by Crippen LogP contribution is -2.48. The molecule has 162 valence electrons. The number of anilines is 1. The van der Waals surface area contributed by atoms with Crippen molar-refractivity contribution in [1.82, 2.24) is 15.1 Å². The van der Waals surface area contributed by atoms with E-state index in [2.05, 4.69) is 20.4 Å². The Morgan fingerprint density at radius 1 is 0.903 bits per heavy atom. The molecule has 1 fully saturated rings. The molecule has 2 aromatic carbocycles. The van der Waals surface area contributed by atoms with Gasteiger partial charge in [-0.05, 0) is 11.6 Å². The quantitative estimate of drug-likeness (QED) is 0.358. The smallest absolute Gasteiger partial charge is 0.261 e. The van der Waals surface area contributed by atoms with Crippen LogP contribution in [0.25, 0.3) is 11.1 Å². The number of ketones is 1. The van der Waals surface area contributed by atoms with E-state index in [1.165, 1.54) is 6.20 Å². The maximum atomic E-state index is 13.0. The van der Waals surface area contributed by atoms with Gasteiger partial charge < -0.3 is 15.7 Å². The van der Waals surface area contributed by atoms with Crippen LogP contribution in [-0.4, -0.2) is 79.0 Å². The summed E-state index contributed by atoms with van der Waals surface area (Å²) in [5, 5.41) is 15.1. The van der Waals surface area contributed by atoms with Gasteiger partial charge in [0.15, 0.2) is 0 Å². The predicted molar refractivity (Wildman–Crippen MR) is 121 cm³/mol. The molecule has 0 radical (unpaired) electrons. The van der Waals surface area contributed by atoms with E-state index in [1.807, 2.05) is 42.5 Å². The first-order valence-corrected chi connectivity index (χ1v) is 10.7. The summed E-state index contributed by atoms with van der Waals surface area (Å²) in [5.74, 6) is -0.646. The van der Waals surface area contributed by atoms with E-state index in [9.17, 15) is 9.59 Å². The van der Waals surface area contributed by atoms with Crippen LogP contribution in [0.5, 0.6) is 0 Å². The summed E-state index contributed by atoms with van der Waals surface area (Å²) in [6, 6.07) is 15.2. The number of rotatable bonds is 7. The van der Waals surface area contributed by atoms with E-state index in [0.717, 1.165) is 50.4 Å². The van der Waals surface area contributed by atoms with Gasteiger partial charge in [0.2, 0.25) is 5.78 Å². The molecule has 3 N–H and O–H groups in total. The zero-order chi connectivity index (χ0) is 21.6. The fraction of sp³-hybridized carbons (Fsp3) is 0.333. The molecule has 0 unspecified atom stereocenters. The lowest BCUT2D eigenvalue weighted by Gasteiger charge is -2.34. The second-order valence-corrected chi connectivity index (χ2v) is 7.80. The molecule has 0 aromatic heterocycles. The fourth-order valence-corrected chi connectivity index (χ4v) is 4.07. The minimum Gasteiger partial charge on any atom is -0.395 e. The van der Waals surface area contributed by atoms with E-state index >= 15 is 0 Å². The van der Waals surface area contributed by atoms with Gasteiger partial charge in [0.25, 0.3) is 5.91 Å². The summed E-state index contributed by atoms with van der Waals surface area (Å²) in [7, 11) is 0. The SMILES string of the molecule is O=C1Nc2c(cccc2-c2ccccc2)C(=O)/C1=C\NCCN1CCN(CCO)CC1. The molecule has 1 saturated heterocycles. The highest BCUT2D eigenvalue weighted by Gasteiger charge is 2.30. The van der Waals surface area contributed by atoms with Gasteiger partial charge in [0.1, 0.15) is 5.57 Å². The van der Waals surface area contributed by atoms with Gasteiger partial charge >= 0.3 is 0 Å². The van der Waals surface area contributed by atoms with Crippen molar-refractivity contribution in [3.8, 4) is 11.1 Å². The third kappa shape index (κ3) is 4.85. The number of hydrogen-bond acceptors (Lipinski definition) is 6. The third-order valence-electron chi connectivity index (χ3n) is 5.82. The van der Waals surface area contributed by atoms with Gasteiger partial charge in [0.05, 0.1) is 12.3 Å². The number of Topliss-reactive ketones (excluding diaryl/α,β-unsaturated/α-hetero) is 1. The molecule has 2 aromatic rings. The molecule has 0 spiro atoms. The highest BCUT2D eigenvalue weighted by atomic mass is 16.3. The van der Waals surface area contributed by atoms with E-state index in [-0.39, 0.29) is 23.9 Å². The number of aliphatic hydroxyl groups is 1. The Labute approximate surface area is 182 Å². The van der Waals surface area contributed by atoms with Gasteiger partial charge in [-0.15, -0.1) is 0 Å². The van der Waals surface area contributed by atoms with E-state index in [0.29, 0.717) is 17.8 Å². The summed E-state index contributed by atoms with van der Waals surface area (Å²) in [6.07, 6.45) is 1.54. The number of nitrogens with one attached hydrogen (secondary N) is 2. The van der Waals surface area contributed by atoms with Crippen molar-refractivity contribution in [3.63, 3.8) is 0 Å².